The molecule has 0 atom stereocenters. The molecule has 0 unspecified atom stereocenters. The normalized spacial score (nSPS) is 11.5. The molecule has 0 fully saturated rings. The smallest absolute Gasteiger partial charge is 0.136 e. The highest BCUT2D eigenvalue weighted by Gasteiger charge is 2.21. The number of rotatable bonds is 8. The fourth-order valence-electron chi connectivity index (χ4n) is 9.38. The topological polar surface area (TPSA) is 16.4 Å². The molecular formula is C60H39NOS. The summed E-state index contributed by atoms with van der Waals surface area (Å²) in [4.78, 5) is 2.41. The molecule has 2 aromatic heterocycles. The maximum atomic E-state index is 6.29. The van der Waals surface area contributed by atoms with Crippen molar-refractivity contribution >= 4 is 70.5 Å². The molecule has 10 aromatic carbocycles. The van der Waals surface area contributed by atoms with Gasteiger partial charge in [-0.2, -0.15) is 0 Å². The maximum Gasteiger partial charge on any atom is 0.136 e. The second kappa shape index (κ2) is 15.5. The van der Waals surface area contributed by atoms with E-state index in [2.05, 4.69) is 229 Å². The molecule has 0 aliphatic rings. The van der Waals surface area contributed by atoms with Crippen molar-refractivity contribution in [1.29, 1.82) is 0 Å². The molecular weight excluding hydrogens is 783 g/mol. The van der Waals surface area contributed by atoms with Crippen molar-refractivity contribution in [1.82, 2.24) is 0 Å². The molecule has 0 bridgehead atoms. The van der Waals surface area contributed by atoms with Gasteiger partial charge in [-0.15, -0.1) is 11.3 Å². The maximum absolute atomic E-state index is 6.29. The lowest BCUT2D eigenvalue weighted by Gasteiger charge is -2.29. The van der Waals surface area contributed by atoms with Crippen LogP contribution in [0, 0.1) is 0 Å². The van der Waals surface area contributed by atoms with Crippen molar-refractivity contribution in [2.24, 2.45) is 0 Å². The number of benzene rings is 10. The number of hydrogen-bond acceptors (Lipinski definition) is 3. The van der Waals surface area contributed by atoms with Crippen LogP contribution >= 0.6 is 11.3 Å². The third-order valence-corrected chi connectivity index (χ3v) is 13.5. The van der Waals surface area contributed by atoms with Crippen LogP contribution in [-0.2, 0) is 0 Å². The van der Waals surface area contributed by atoms with Crippen LogP contribution in [0.15, 0.2) is 241 Å². The molecule has 0 amide bonds. The van der Waals surface area contributed by atoms with E-state index >= 15 is 0 Å². The number of nitrogens with zero attached hydrogens (tertiary/aromatic N) is 1. The SMILES string of the molecule is c1ccc(-c2ccccc2-c2ccccc2-c2ccccc2N(c2ccc(-c3ccc4c(c3)sc3ccccc34)cc2)c2ccc(-c3cccc4oc5ccccc5c34)cc2)cc1. The van der Waals surface area contributed by atoms with Gasteiger partial charge in [-0.3, -0.25) is 0 Å². The predicted octanol–water partition coefficient (Wildman–Crippen LogP) is 17.8. The molecule has 0 saturated heterocycles. The molecule has 2 nitrogen and oxygen atoms in total. The molecule has 0 radical (unpaired) electrons. The quantitative estimate of drug-likeness (QED) is 0.152. The molecule has 2 heterocycles. The van der Waals surface area contributed by atoms with Crippen LogP contribution in [0.5, 0.6) is 0 Å². The average Bonchev–Trinajstić information content (AvgIpc) is 3.93. The highest BCUT2D eigenvalue weighted by atomic mass is 32.1. The zero-order valence-electron chi connectivity index (χ0n) is 34.3. The zero-order valence-corrected chi connectivity index (χ0v) is 35.1. The summed E-state index contributed by atoms with van der Waals surface area (Å²) < 4.78 is 8.92. The van der Waals surface area contributed by atoms with Gasteiger partial charge in [0.1, 0.15) is 11.2 Å². The molecule has 3 heteroatoms. The van der Waals surface area contributed by atoms with E-state index in [1.165, 1.54) is 59.1 Å². The van der Waals surface area contributed by atoms with Gasteiger partial charge in [-0.1, -0.05) is 182 Å². The van der Waals surface area contributed by atoms with Crippen molar-refractivity contribution in [3.8, 4) is 55.6 Å². The third kappa shape index (κ3) is 6.50. The Balaban J connectivity index is 1.00. The summed E-state index contributed by atoms with van der Waals surface area (Å²) in [5, 5.41) is 4.90. The lowest BCUT2D eigenvalue weighted by Crippen LogP contribution is -2.11. The first-order valence-electron chi connectivity index (χ1n) is 21.4. The number of furan rings is 1. The average molecular weight is 822 g/mol. The number of anilines is 3. The van der Waals surface area contributed by atoms with Crippen molar-refractivity contribution in [3.05, 3.63) is 237 Å². The molecule has 0 saturated carbocycles. The Morgan fingerprint density at radius 2 is 0.810 bits per heavy atom. The summed E-state index contributed by atoms with van der Waals surface area (Å²) in [5.41, 5.74) is 16.8. The Morgan fingerprint density at radius 1 is 0.302 bits per heavy atom. The Labute approximate surface area is 370 Å². The van der Waals surface area contributed by atoms with Gasteiger partial charge in [0.15, 0.2) is 0 Å². The van der Waals surface area contributed by atoms with E-state index in [0.29, 0.717) is 0 Å². The lowest BCUT2D eigenvalue weighted by molar-refractivity contribution is 0.669. The summed E-state index contributed by atoms with van der Waals surface area (Å²) in [6.07, 6.45) is 0. The van der Waals surface area contributed by atoms with Crippen LogP contribution in [0.4, 0.5) is 17.1 Å². The first kappa shape index (κ1) is 36.8. The molecule has 12 aromatic rings. The summed E-state index contributed by atoms with van der Waals surface area (Å²) in [5.74, 6) is 0. The van der Waals surface area contributed by atoms with Gasteiger partial charge in [0.05, 0.1) is 5.69 Å². The van der Waals surface area contributed by atoms with E-state index in [4.69, 9.17) is 4.42 Å². The first-order chi connectivity index (χ1) is 31.2. The van der Waals surface area contributed by atoms with Crippen LogP contribution in [-0.4, -0.2) is 0 Å². The minimum atomic E-state index is 0.896. The van der Waals surface area contributed by atoms with Gasteiger partial charge < -0.3 is 9.32 Å². The Kier molecular flexibility index (Phi) is 9.06. The standard InChI is InChI=1S/C60H39NOS/c1-2-15-41(16-3-1)46-17-4-5-18-48(46)49-19-6-7-20-50(49)51-21-8-11-25-55(51)61(44-34-29-40(30-35-44)43-33-38-53-52-22-10-13-28-58(52)63-59(53)39-43)45-36-31-42(32-37-45)47-24-14-27-57-60(47)54-23-9-12-26-56(54)62-57/h1-39H. The predicted molar refractivity (Wildman–Crippen MR) is 268 cm³/mol. The Bertz CT molecular complexity index is 3620. The van der Waals surface area contributed by atoms with Gasteiger partial charge in [-0.05, 0) is 105 Å². The van der Waals surface area contributed by atoms with E-state index in [9.17, 15) is 0 Å². The van der Waals surface area contributed by atoms with Gasteiger partial charge >= 0.3 is 0 Å². The monoisotopic (exact) mass is 821 g/mol. The van der Waals surface area contributed by atoms with Crippen LogP contribution in [0.1, 0.15) is 0 Å². The zero-order chi connectivity index (χ0) is 41.7. The second-order valence-electron chi connectivity index (χ2n) is 16.0. The van der Waals surface area contributed by atoms with Crippen LogP contribution in [0.25, 0.3) is 97.7 Å². The summed E-state index contributed by atoms with van der Waals surface area (Å²) in [6, 6.07) is 85.4. The summed E-state index contributed by atoms with van der Waals surface area (Å²) in [6.45, 7) is 0. The minimum Gasteiger partial charge on any atom is -0.456 e. The van der Waals surface area contributed by atoms with Crippen LogP contribution in [0.3, 0.4) is 0 Å². The summed E-state index contributed by atoms with van der Waals surface area (Å²) >= 11 is 1.86. The largest absolute Gasteiger partial charge is 0.456 e. The fourth-order valence-corrected chi connectivity index (χ4v) is 10.5. The molecule has 0 aliphatic heterocycles. The fraction of sp³-hybridized carbons (Fsp3) is 0. The molecule has 0 N–H and O–H groups in total. The highest BCUT2D eigenvalue weighted by Crippen LogP contribution is 2.46. The van der Waals surface area contributed by atoms with Crippen LogP contribution in [0.2, 0.25) is 0 Å². The molecule has 0 spiro atoms. The van der Waals surface area contributed by atoms with Crippen molar-refractivity contribution in [2.45, 2.75) is 0 Å². The number of fused-ring (bicyclic) bond motifs is 6. The van der Waals surface area contributed by atoms with Gasteiger partial charge in [0.2, 0.25) is 0 Å². The van der Waals surface area contributed by atoms with E-state index in [1.807, 2.05) is 23.5 Å². The number of para-hydroxylation sites is 2. The first-order valence-corrected chi connectivity index (χ1v) is 22.2. The van der Waals surface area contributed by atoms with Gasteiger partial charge in [-0.25, -0.2) is 0 Å². The lowest BCUT2D eigenvalue weighted by atomic mass is 9.88. The third-order valence-electron chi connectivity index (χ3n) is 12.3. The Hall–Kier alpha value is -7.98. The van der Waals surface area contributed by atoms with E-state index in [-0.39, 0.29) is 0 Å². The van der Waals surface area contributed by atoms with Crippen molar-refractivity contribution in [2.75, 3.05) is 4.90 Å². The van der Waals surface area contributed by atoms with Crippen molar-refractivity contribution in [3.63, 3.8) is 0 Å². The van der Waals surface area contributed by atoms with E-state index < -0.39 is 0 Å². The summed E-state index contributed by atoms with van der Waals surface area (Å²) in [7, 11) is 0. The molecule has 0 aliphatic carbocycles. The van der Waals surface area contributed by atoms with Crippen molar-refractivity contribution < 1.29 is 4.42 Å². The minimum absolute atomic E-state index is 0.896. The second-order valence-corrected chi connectivity index (χ2v) is 17.1. The molecule has 12 rings (SSSR count). The number of thiophene rings is 1. The Morgan fingerprint density at radius 3 is 1.57 bits per heavy atom. The number of hydrogen-bond donors (Lipinski definition) is 0. The molecule has 296 valence electrons. The van der Waals surface area contributed by atoms with E-state index in [0.717, 1.165) is 55.7 Å². The van der Waals surface area contributed by atoms with E-state index in [1.54, 1.807) is 0 Å². The van der Waals surface area contributed by atoms with Crippen LogP contribution < -0.4 is 4.90 Å². The van der Waals surface area contributed by atoms with Gasteiger partial charge in [0.25, 0.3) is 0 Å². The van der Waals surface area contributed by atoms with Gasteiger partial charge in [0, 0.05) is 47.9 Å². The molecule has 63 heavy (non-hydrogen) atoms. The highest BCUT2D eigenvalue weighted by molar-refractivity contribution is 7.25.